The molecule has 31 heavy (non-hydrogen) atoms. The maximum Gasteiger partial charge on any atom is 0.332 e. The number of imidazole rings is 1. The lowest BCUT2D eigenvalue weighted by Crippen LogP contribution is -2.45. The molecular weight excluding hydrogens is 441 g/mol. The Labute approximate surface area is 189 Å². The van der Waals surface area contributed by atoms with Crippen molar-refractivity contribution in [2.45, 2.75) is 39.1 Å². The molecular formula is C21H25Cl2N5O3. The third-order valence-corrected chi connectivity index (χ3v) is 6.35. The smallest absolute Gasteiger partial charge is 0.332 e. The molecule has 1 saturated heterocycles. The summed E-state index contributed by atoms with van der Waals surface area (Å²) < 4.78 is 10.2. The molecule has 8 nitrogen and oxygen atoms in total. The lowest BCUT2D eigenvalue weighted by molar-refractivity contribution is -0.0712. The van der Waals surface area contributed by atoms with Crippen molar-refractivity contribution in [3.63, 3.8) is 0 Å². The van der Waals surface area contributed by atoms with E-state index in [1.54, 1.807) is 19.2 Å². The monoisotopic (exact) mass is 465 g/mol. The van der Waals surface area contributed by atoms with Gasteiger partial charge in [0.1, 0.15) is 5.82 Å². The van der Waals surface area contributed by atoms with Gasteiger partial charge in [-0.15, -0.1) is 0 Å². The van der Waals surface area contributed by atoms with Gasteiger partial charge >= 0.3 is 5.69 Å². The number of fused-ring (bicyclic) bond motifs is 1. The summed E-state index contributed by atoms with van der Waals surface area (Å²) in [5.41, 5.74) is 0.865. The minimum atomic E-state index is -0.406. The molecule has 10 heteroatoms. The lowest BCUT2D eigenvalue weighted by atomic mass is 10.2. The summed E-state index contributed by atoms with van der Waals surface area (Å²) >= 11 is 12.3. The van der Waals surface area contributed by atoms with E-state index >= 15 is 0 Å². The number of hydrogen-bond acceptors (Lipinski definition) is 5. The van der Waals surface area contributed by atoms with Crippen LogP contribution in [-0.4, -0.2) is 48.9 Å². The highest BCUT2D eigenvalue weighted by atomic mass is 35.5. The molecule has 1 fully saturated rings. The molecule has 0 N–H and O–H groups in total. The third kappa shape index (κ3) is 4.17. The Balaban J connectivity index is 1.85. The van der Waals surface area contributed by atoms with Gasteiger partial charge in [0.2, 0.25) is 0 Å². The number of morpholine rings is 1. The first-order chi connectivity index (χ1) is 14.7. The number of rotatable bonds is 4. The molecule has 0 radical (unpaired) electrons. The van der Waals surface area contributed by atoms with Crippen LogP contribution in [0.4, 0.5) is 0 Å². The average Bonchev–Trinajstić information content (AvgIpc) is 3.05. The maximum absolute atomic E-state index is 13.1. The predicted molar refractivity (Wildman–Crippen MR) is 121 cm³/mol. The number of hydrogen-bond donors (Lipinski definition) is 0. The predicted octanol–water partition coefficient (Wildman–Crippen LogP) is 2.40. The van der Waals surface area contributed by atoms with Gasteiger partial charge in [-0.1, -0.05) is 29.3 Å². The van der Waals surface area contributed by atoms with Crippen LogP contribution in [0.1, 0.15) is 25.2 Å². The molecule has 2 atom stereocenters. The Hall–Kier alpha value is -2.13. The first kappa shape index (κ1) is 22.1. The molecule has 1 aromatic carbocycles. The number of aryl methyl sites for hydroxylation is 1. The van der Waals surface area contributed by atoms with Gasteiger partial charge in [0.05, 0.1) is 28.8 Å². The summed E-state index contributed by atoms with van der Waals surface area (Å²) in [6, 6.07) is 5.39. The summed E-state index contributed by atoms with van der Waals surface area (Å²) in [4.78, 5) is 32.5. The van der Waals surface area contributed by atoms with E-state index in [1.165, 1.54) is 11.6 Å². The summed E-state index contributed by atoms with van der Waals surface area (Å²) in [5, 5.41) is 0.914. The van der Waals surface area contributed by atoms with Gasteiger partial charge in [-0.05, 0) is 31.5 Å². The van der Waals surface area contributed by atoms with Gasteiger partial charge in [-0.2, -0.15) is 0 Å². The number of nitrogens with zero attached hydrogens (tertiary/aromatic N) is 5. The van der Waals surface area contributed by atoms with Gasteiger partial charge in [-0.3, -0.25) is 18.8 Å². The molecule has 0 aliphatic carbocycles. The van der Waals surface area contributed by atoms with Crippen LogP contribution in [0.5, 0.6) is 0 Å². The molecule has 0 spiro atoms. The number of aromatic nitrogens is 4. The van der Waals surface area contributed by atoms with E-state index in [1.807, 2.05) is 24.5 Å². The zero-order valence-corrected chi connectivity index (χ0v) is 19.4. The van der Waals surface area contributed by atoms with Crippen molar-refractivity contribution >= 4 is 34.4 Å². The molecule has 4 rings (SSSR count). The lowest BCUT2D eigenvalue weighted by Gasteiger charge is -2.35. The zero-order chi connectivity index (χ0) is 22.4. The number of ether oxygens (including phenoxy) is 1. The summed E-state index contributed by atoms with van der Waals surface area (Å²) in [6.07, 6.45) is 0.211. The highest BCUT2D eigenvalue weighted by Gasteiger charge is 2.26. The third-order valence-electron chi connectivity index (χ3n) is 5.61. The average molecular weight is 466 g/mol. The van der Waals surface area contributed by atoms with Gasteiger partial charge in [0.15, 0.2) is 11.2 Å². The second kappa shape index (κ2) is 8.43. The topological polar surface area (TPSA) is 74.3 Å². The Bertz CT molecular complexity index is 1250. The fraction of sp³-hybridized carbons (Fsp3) is 0.476. The fourth-order valence-electron chi connectivity index (χ4n) is 4.22. The molecule has 0 amide bonds. The molecule has 166 valence electrons. The van der Waals surface area contributed by atoms with E-state index in [9.17, 15) is 9.59 Å². The van der Waals surface area contributed by atoms with Gasteiger partial charge in [-0.25, -0.2) is 9.78 Å². The van der Waals surface area contributed by atoms with Gasteiger partial charge in [0.25, 0.3) is 5.56 Å². The van der Waals surface area contributed by atoms with Gasteiger partial charge in [0, 0.05) is 33.7 Å². The molecule has 3 heterocycles. The van der Waals surface area contributed by atoms with Gasteiger partial charge < -0.3 is 9.30 Å². The van der Waals surface area contributed by atoms with E-state index in [4.69, 9.17) is 32.9 Å². The van der Waals surface area contributed by atoms with Crippen LogP contribution in [0.15, 0.2) is 27.8 Å². The van der Waals surface area contributed by atoms with Crippen LogP contribution in [0, 0.1) is 0 Å². The van der Waals surface area contributed by atoms with E-state index < -0.39 is 5.69 Å². The summed E-state index contributed by atoms with van der Waals surface area (Å²) in [6.45, 7) is 6.52. The van der Waals surface area contributed by atoms with Crippen LogP contribution in [-0.2, 0) is 31.9 Å². The first-order valence-electron chi connectivity index (χ1n) is 10.1. The molecule has 0 unspecified atom stereocenters. The highest BCUT2D eigenvalue weighted by molar-refractivity contribution is 6.42. The van der Waals surface area contributed by atoms with Crippen molar-refractivity contribution in [2.24, 2.45) is 14.1 Å². The van der Waals surface area contributed by atoms with Crippen LogP contribution in [0.2, 0.25) is 10.0 Å². The molecule has 2 aromatic heterocycles. The minimum absolute atomic E-state index is 0.105. The largest absolute Gasteiger partial charge is 0.373 e. The Kier molecular flexibility index (Phi) is 6.00. The molecule has 1 aliphatic rings. The Morgan fingerprint density at radius 2 is 1.71 bits per heavy atom. The van der Waals surface area contributed by atoms with Crippen molar-refractivity contribution in [3.05, 3.63) is 60.5 Å². The Morgan fingerprint density at radius 3 is 2.35 bits per heavy atom. The van der Waals surface area contributed by atoms with Crippen molar-refractivity contribution in [1.29, 1.82) is 0 Å². The molecule has 1 aliphatic heterocycles. The highest BCUT2D eigenvalue weighted by Crippen LogP contribution is 2.24. The summed E-state index contributed by atoms with van der Waals surface area (Å²) in [5.74, 6) is 0.709. The number of benzene rings is 1. The van der Waals surface area contributed by atoms with Crippen LogP contribution < -0.4 is 11.2 Å². The SMILES string of the molecule is C[C@H]1CN(Cc2nc3c(c(=O)n(C)c(=O)n3C)n2Cc2ccc(Cl)c(Cl)c2)C[C@H](C)O1. The van der Waals surface area contributed by atoms with Crippen LogP contribution in [0.3, 0.4) is 0 Å². The van der Waals surface area contributed by atoms with Crippen LogP contribution >= 0.6 is 23.2 Å². The summed E-state index contributed by atoms with van der Waals surface area (Å²) in [7, 11) is 3.11. The standard InChI is InChI=1S/C21H25Cl2N5O3/c1-12-8-27(9-13(2)31-12)11-17-24-19-18(20(29)26(4)21(30)25(19)3)28(17)10-14-5-6-15(22)16(23)7-14/h5-7,12-13H,8-11H2,1-4H3/t12-,13-/m0/s1. The van der Waals surface area contributed by atoms with Crippen molar-refractivity contribution in [2.75, 3.05) is 13.1 Å². The van der Waals surface area contributed by atoms with Crippen molar-refractivity contribution in [1.82, 2.24) is 23.6 Å². The van der Waals surface area contributed by atoms with E-state index in [2.05, 4.69) is 4.90 Å². The maximum atomic E-state index is 13.1. The second-order valence-electron chi connectivity index (χ2n) is 8.19. The molecule has 0 saturated carbocycles. The van der Waals surface area contributed by atoms with Crippen LogP contribution in [0.25, 0.3) is 11.2 Å². The fourth-order valence-corrected chi connectivity index (χ4v) is 4.54. The second-order valence-corrected chi connectivity index (χ2v) is 9.01. The normalized spacial score (nSPS) is 19.9. The number of halogens is 2. The Morgan fingerprint density at radius 1 is 1.03 bits per heavy atom. The first-order valence-corrected chi connectivity index (χ1v) is 10.9. The minimum Gasteiger partial charge on any atom is -0.373 e. The zero-order valence-electron chi connectivity index (χ0n) is 17.9. The van der Waals surface area contributed by atoms with E-state index in [-0.39, 0.29) is 17.8 Å². The van der Waals surface area contributed by atoms with E-state index in [0.29, 0.717) is 40.1 Å². The van der Waals surface area contributed by atoms with E-state index in [0.717, 1.165) is 23.2 Å². The van der Waals surface area contributed by atoms with Crippen molar-refractivity contribution < 1.29 is 4.74 Å². The molecule has 3 aromatic rings. The molecule has 0 bridgehead atoms. The quantitative estimate of drug-likeness (QED) is 0.591. The van der Waals surface area contributed by atoms with Crippen molar-refractivity contribution in [3.8, 4) is 0 Å².